The van der Waals surface area contributed by atoms with E-state index in [-0.39, 0.29) is 0 Å². The molecule has 0 bridgehead atoms. The lowest BCUT2D eigenvalue weighted by Gasteiger charge is -2.09. The number of para-hydroxylation sites is 2. The highest BCUT2D eigenvalue weighted by molar-refractivity contribution is 7.26. The first-order valence-electron chi connectivity index (χ1n) is 17.3. The highest BCUT2D eigenvalue weighted by Gasteiger charge is 2.22. The molecule has 0 aliphatic rings. The Morgan fingerprint density at radius 2 is 1.27 bits per heavy atom. The molecule has 7 aromatic carbocycles. The van der Waals surface area contributed by atoms with Crippen molar-refractivity contribution in [3.63, 3.8) is 0 Å². The van der Waals surface area contributed by atoms with Crippen LogP contribution >= 0.6 is 11.3 Å². The van der Waals surface area contributed by atoms with E-state index in [1.54, 1.807) is 0 Å². The van der Waals surface area contributed by atoms with Gasteiger partial charge in [0.05, 0.1) is 15.7 Å². The monoisotopic (exact) mass is 683 g/mol. The van der Waals surface area contributed by atoms with E-state index in [1.165, 1.54) is 42.0 Å². The van der Waals surface area contributed by atoms with Gasteiger partial charge in [-0.1, -0.05) is 103 Å². The van der Waals surface area contributed by atoms with Crippen molar-refractivity contribution in [1.29, 1.82) is 0 Å². The van der Waals surface area contributed by atoms with E-state index in [2.05, 4.69) is 108 Å². The van der Waals surface area contributed by atoms with E-state index in [1.807, 2.05) is 59.9 Å². The summed E-state index contributed by atoms with van der Waals surface area (Å²) in [5.74, 6) is 0.629. The Bertz CT molecular complexity index is 3420. The lowest BCUT2D eigenvalue weighted by atomic mass is 10.0. The molecule has 242 valence electrons. The Morgan fingerprint density at radius 3 is 2.19 bits per heavy atom. The van der Waals surface area contributed by atoms with Crippen molar-refractivity contribution in [1.82, 2.24) is 14.5 Å². The number of aromatic nitrogens is 3. The summed E-state index contributed by atoms with van der Waals surface area (Å²) >= 11 is 1.86. The number of nitrogens with zero attached hydrogens (tertiary/aromatic N) is 3. The molecule has 0 atom stereocenters. The van der Waals surface area contributed by atoms with E-state index in [9.17, 15) is 0 Å². The molecule has 0 spiro atoms. The van der Waals surface area contributed by atoms with Crippen LogP contribution < -0.4 is 0 Å². The van der Waals surface area contributed by atoms with Gasteiger partial charge in [0.25, 0.3) is 0 Å². The maximum atomic E-state index is 6.69. The molecular formula is C46H25N3O2S. The average molecular weight is 684 g/mol. The van der Waals surface area contributed by atoms with Gasteiger partial charge in [-0.05, 0) is 42.5 Å². The summed E-state index contributed by atoms with van der Waals surface area (Å²) in [4.78, 5) is 10.4. The molecule has 5 heterocycles. The molecule has 0 unspecified atom stereocenters. The third kappa shape index (κ3) is 3.81. The first-order chi connectivity index (χ1) is 25.8. The molecule has 0 radical (unpaired) electrons. The zero-order valence-corrected chi connectivity index (χ0v) is 28.3. The van der Waals surface area contributed by atoms with Crippen LogP contribution in [0, 0.1) is 0 Å². The highest BCUT2D eigenvalue weighted by atomic mass is 32.1. The van der Waals surface area contributed by atoms with Crippen LogP contribution in [-0.4, -0.2) is 14.5 Å². The minimum Gasteiger partial charge on any atom is -0.456 e. The number of hydrogen-bond donors (Lipinski definition) is 0. The van der Waals surface area contributed by atoms with E-state index in [0.717, 1.165) is 60.9 Å². The van der Waals surface area contributed by atoms with E-state index in [4.69, 9.17) is 18.8 Å². The molecule has 5 aromatic heterocycles. The number of benzene rings is 7. The maximum Gasteiger partial charge on any atom is 0.180 e. The van der Waals surface area contributed by atoms with Crippen LogP contribution in [0.3, 0.4) is 0 Å². The Labute approximate surface area is 299 Å². The normalized spacial score (nSPS) is 12.2. The SMILES string of the molecule is c1ccc(-c2nc(-c3cccc4oc5cc(-n6c7ccccc7c7ccc8c9ccccc9sc8c76)ccc5c34)nc3c2oc2ccccc23)cc1. The van der Waals surface area contributed by atoms with Gasteiger partial charge in [-0.25, -0.2) is 9.97 Å². The molecule has 0 aliphatic heterocycles. The summed E-state index contributed by atoms with van der Waals surface area (Å²) in [7, 11) is 0. The molecule has 0 fully saturated rings. The fourth-order valence-electron chi connectivity index (χ4n) is 8.14. The van der Waals surface area contributed by atoms with Gasteiger partial charge < -0.3 is 13.4 Å². The minimum atomic E-state index is 0.629. The van der Waals surface area contributed by atoms with Crippen LogP contribution in [0.2, 0.25) is 0 Å². The molecule has 0 N–H and O–H groups in total. The van der Waals surface area contributed by atoms with Crippen molar-refractivity contribution >= 4 is 97.3 Å². The van der Waals surface area contributed by atoms with Crippen LogP contribution in [0.5, 0.6) is 0 Å². The third-order valence-electron chi connectivity index (χ3n) is 10.4. The van der Waals surface area contributed by atoms with Crippen molar-refractivity contribution < 1.29 is 8.83 Å². The Kier molecular flexibility index (Phi) is 5.59. The average Bonchev–Trinajstić information content (AvgIpc) is 3.96. The summed E-state index contributed by atoms with van der Waals surface area (Å²) in [6.07, 6.45) is 0. The van der Waals surface area contributed by atoms with E-state index in [0.29, 0.717) is 11.4 Å². The third-order valence-corrected chi connectivity index (χ3v) is 11.6. The second-order valence-corrected chi connectivity index (χ2v) is 14.3. The zero-order chi connectivity index (χ0) is 33.9. The second kappa shape index (κ2) is 10.4. The van der Waals surface area contributed by atoms with Crippen LogP contribution in [-0.2, 0) is 0 Å². The van der Waals surface area contributed by atoms with E-state index < -0.39 is 0 Å². The molecule has 0 saturated carbocycles. The van der Waals surface area contributed by atoms with Gasteiger partial charge in [-0.2, -0.15) is 0 Å². The summed E-state index contributed by atoms with van der Waals surface area (Å²) in [5, 5.41) is 8.02. The van der Waals surface area contributed by atoms with Gasteiger partial charge in [0.15, 0.2) is 11.4 Å². The number of rotatable bonds is 3. The van der Waals surface area contributed by atoms with Crippen LogP contribution in [0.1, 0.15) is 0 Å². The number of fused-ring (bicyclic) bond motifs is 13. The second-order valence-electron chi connectivity index (χ2n) is 13.3. The molecule has 12 aromatic rings. The van der Waals surface area contributed by atoms with Gasteiger partial charge in [0.1, 0.15) is 28.0 Å². The minimum absolute atomic E-state index is 0.629. The van der Waals surface area contributed by atoms with Crippen molar-refractivity contribution in [3.8, 4) is 28.3 Å². The number of thiophene rings is 1. The van der Waals surface area contributed by atoms with Gasteiger partial charge >= 0.3 is 0 Å². The fraction of sp³-hybridized carbons (Fsp3) is 0. The first-order valence-corrected chi connectivity index (χ1v) is 18.1. The van der Waals surface area contributed by atoms with Crippen LogP contribution in [0.25, 0.3) is 114 Å². The molecular weight excluding hydrogens is 659 g/mol. The molecule has 0 amide bonds. The Morgan fingerprint density at radius 1 is 0.519 bits per heavy atom. The first kappa shape index (κ1) is 28.0. The Balaban J connectivity index is 1.11. The topological polar surface area (TPSA) is 57.0 Å². The fourth-order valence-corrected chi connectivity index (χ4v) is 9.38. The lowest BCUT2D eigenvalue weighted by molar-refractivity contribution is 0.667. The summed E-state index contributed by atoms with van der Waals surface area (Å²) in [5.41, 5.74) is 9.97. The van der Waals surface area contributed by atoms with Crippen molar-refractivity contribution in [2.24, 2.45) is 0 Å². The Hall–Kier alpha value is -6.76. The summed E-state index contributed by atoms with van der Waals surface area (Å²) < 4.78 is 18.1. The number of furan rings is 2. The molecule has 52 heavy (non-hydrogen) atoms. The molecule has 0 saturated heterocycles. The highest BCUT2D eigenvalue weighted by Crippen LogP contribution is 2.44. The van der Waals surface area contributed by atoms with E-state index >= 15 is 0 Å². The predicted molar refractivity (Wildman–Crippen MR) is 215 cm³/mol. The van der Waals surface area contributed by atoms with Gasteiger partial charge in [0, 0.05) is 65.3 Å². The van der Waals surface area contributed by atoms with Crippen molar-refractivity contribution in [2.75, 3.05) is 0 Å². The van der Waals surface area contributed by atoms with Gasteiger partial charge in [-0.3, -0.25) is 0 Å². The summed E-state index contributed by atoms with van der Waals surface area (Å²) in [6, 6.07) is 52.9. The molecule has 6 heteroatoms. The van der Waals surface area contributed by atoms with Crippen LogP contribution in [0.15, 0.2) is 160 Å². The zero-order valence-electron chi connectivity index (χ0n) is 27.5. The summed E-state index contributed by atoms with van der Waals surface area (Å²) in [6.45, 7) is 0. The standard InChI is InChI=1S/C46H25N3O2S/c1-2-11-26(12-3-1)41-44-42(33-15-5-8-18-36(33)51-44)48-46(47-41)34-16-10-19-37-40(34)32-22-21-27(25-38(32)50-37)49-35-17-7-4-13-28(35)30-23-24-31-29-14-6-9-20-39(29)52-45(31)43(30)49/h1-25H. The largest absolute Gasteiger partial charge is 0.456 e. The lowest BCUT2D eigenvalue weighted by Crippen LogP contribution is -1.94. The van der Waals surface area contributed by atoms with Crippen molar-refractivity contribution in [3.05, 3.63) is 152 Å². The number of hydrogen-bond acceptors (Lipinski definition) is 5. The molecule has 12 rings (SSSR count). The quantitative estimate of drug-likeness (QED) is 0.186. The predicted octanol–water partition coefficient (Wildman–Crippen LogP) is 13.1. The van der Waals surface area contributed by atoms with Crippen LogP contribution in [0.4, 0.5) is 0 Å². The molecule has 5 nitrogen and oxygen atoms in total. The maximum absolute atomic E-state index is 6.69. The van der Waals surface area contributed by atoms with Crippen molar-refractivity contribution in [2.45, 2.75) is 0 Å². The van der Waals surface area contributed by atoms with Gasteiger partial charge in [-0.15, -0.1) is 11.3 Å². The smallest absolute Gasteiger partial charge is 0.180 e. The van der Waals surface area contributed by atoms with Gasteiger partial charge in [0.2, 0.25) is 0 Å². The molecule has 0 aliphatic carbocycles.